The SMILES string of the molecule is CSc1ccc(-c2nc3c(c(N)nn3C(C)=O)c(=O)n2-c2ccc(C)c(C)c2)cc1. The standard InChI is InChI=1S/C22H21N5O2S/c1-12-5-8-16(11-13(12)2)26-20(15-6-9-17(30-4)10-7-15)24-21-18(22(26)29)19(23)25-27(21)14(3)28/h5-11H,1-4H3,(H2,23,25). The van der Waals surface area contributed by atoms with Crippen molar-refractivity contribution in [1.29, 1.82) is 0 Å². The largest absolute Gasteiger partial charge is 0.381 e. The van der Waals surface area contributed by atoms with Crippen LogP contribution in [0.4, 0.5) is 5.82 Å². The summed E-state index contributed by atoms with van der Waals surface area (Å²) in [6, 6.07) is 13.5. The first-order valence-electron chi connectivity index (χ1n) is 9.36. The van der Waals surface area contributed by atoms with Crippen LogP contribution in [0.3, 0.4) is 0 Å². The Kier molecular flexibility index (Phi) is 4.95. The molecule has 0 spiro atoms. The molecule has 152 valence electrons. The molecule has 0 bridgehead atoms. The topological polar surface area (TPSA) is 95.8 Å². The van der Waals surface area contributed by atoms with Gasteiger partial charge in [0.15, 0.2) is 11.5 Å². The van der Waals surface area contributed by atoms with Crippen molar-refractivity contribution in [3.63, 3.8) is 0 Å². The smallest absolute Gasteiger partial charge is 0.271 e. The highest BCUT2D eigenvalue weighted by Crippen LogP contribution is 2.27. The summed E-state index contributed by atoms with van der Waals surface area (Å²) >= 11 is 1.63. The van der Waals surface area contributed by atoms with Crippen LogP contribution in [0.5, 0.6) is 0 Å². The monoisotopic (exact) mass is 419 g/mol. The van der Waals surface area contributed by atoms with Crippen LogP contribution in [0.15, 0.2) is 52.2 Å². The second-order valence-electron chi connectivity index (χ2n) is 7.09. The van der Waals surface area contributed by atoms with Gasteiger partial charge in [0, 0.05) is 17.4 Å². The average molecular weight is 420 g/mol. The van der Waals surface area contributed by atoms with Crippen molar-refractivity contribution in [3.8, 4) is 17.1 Å². The zero-order valence-corrected chi connectivity index (χ0v) is 17.9. The molecular formula is C22H21N5O2S. The minimum Gasteiger partial charge on any atom is -0.381 e. The molecule has 0 aliphatic rings. The number of carbonyl (C=O) groups is 1. The lowest BCUT2D eigenvalue weighted by molar-refractivity contribution is 0.0926. The highest BCUT2D eigenvalue weighted by molar-refractivity contribution is 7.98. The fourth-order valence-electron chi connectivity index (χ4n) is 3.35. The fraction of sp³-hybridized carbons (Fsp3) is 0.182. The number of nitrogens with two attached hydrogens (primary N) is 1. The van der Waals surface area contributed by atoms with Crippen molar-refractivity contribution in [3.05, 3.63) is 63.9 Å². The number of rotatable bonds is 3. The van der Waals surface area contributed by atoms with Crippen molar-refractivity contribution in [2.75, 3.05) is 12.0 Å². The third kappa shape index (κ3) is 3.19. The van der Waals surface area contributed by atoms with Gasteiger partial charge in [-0.1, -0.05) is 18.2 Å². The molecule has 8 heteroatoms. The third-order valence-electron chi connectivity index (χ3n) is 5.12. The van der Waals surface area contributed by atoms with E-state index in [2.05, 4.69) is 10.1 Å². The van der Waals surface area contributed by atoms with Gasteiger partial charge in [-0.05, 0) is 55.5 Å². The van der Waals surface area contributed by atoms with Crippen molar-refractivity contribution >= 4 is 34.5 Å². The van der Waals surface area contributed by atoms with Crippen LogP contribution in [0.25, 0.3) is 28.1 Å². The molecule has 0 saturated carbocycles. The molecule has 0 aliphatic carbocycles. The van der Waals surface area contributed by atoms with Crippen LogP contribution in [-0.2, 0) is 0 Å². The van der Waals surface area contributed by atoms with E-state index in [9.17, 15) is 9.59 Å². The number of thioether (sulfide) groups is 1. The quantitative estimate of drug-likeness (QED) is 0.507. The van der Waals surface area contributed by atoms with E-state index >= 15 is 0 Å². The second kappa shape index (κ2) is 7.46. The van der Waals surface area contributed by atoms with Crippen LogP contribution >= 0.6 is 11.8 Å². The van der Waals surface area contributed by atoms with Crippen LogP contribution < -0.4 is 11.3 Å². The summed E-state index contributed by atoms with van der Waals surface area (Å²) in [5.41, 5.74) is 9.40. The van der Waals surface area contributed by atoms with E-state index < -0.39 is 0 Å². The number of hydrogen-bond donors (Lipinski definition) is 1. The lowest BCUT2D eigenvalue weighted by Crippen LogP contribution is -2.23. The number of nitrogens with zero attached hydrogens (tertiary/aromatic N) is 4. The summed E-state index contributed by atoms with van der Waals surface area (Å²) in [5.74, 6) is 0.0431. The van der Waals surface area contributed by atoms with Crippen molar-refractivity contribution < 1.29 is 4.79 Å². The van der Waals surface area contributed by atoms with Crippen molar-refractivity contribution in [2.45, 2.75) is 25.7 Å². The first-order valence-corrected chi connectivity index (χ1v) is 10.6. The van der Waals surface area contributed by atoms with E-state index in [1.54, 1.807) is 11.8 Å². The van der Waals surface area contributed by atoms with Crippen LogP contribution in [0, 0.1) is 13.8 Å². The van der Waals surface area contributed by atoms with Gasteiger partial charge in [-0.25, -0.2) is 4.98 Å². The highest BCUT2D eigenvalue weighted by Gasteiger charge is 2.22. The lowest BCUT2D eigenvalue weighted by Gasteiger charge is -2.14. The van der Waals surface area contributed by atoms with E-state index in [1.807, 2.05) is 62.6 Å². The number of carbonyl (C=O) groups excluding carboxylic acids is 1. The van der Waals surface area contributed by atoms with Gasteiger partial charge in [0.05, 0.1) is 5.69 Å². The summed E-state index contributed by atoms with van der Waals surface area (Å²) in [6.07, 6.45) is 2.00. The maximum atomic E-state index is 13.6. The maximum absolute atomic E-state index is 13.6. The van der Waals surface area contributed by atoms with Crippen LogP contribution in [-0.4, -0.2) is 31.5 Å². The molecule has 2 N–H and O–H groups in total. The normalized spacial score (nSPS) is 11.2. The number of fused-ring (bicyclic) bond motifs is 1. The molecule has 0 amide bonds. The lowest BCUT2D eigenvalue weighted by atomic mass is 10.1. The molecule has 7 nitrogen and oxygen atoms in total. The van der Waals surface area contributed by atoms with Gasteiger partial charge in [0.25, 0.3) is 5.56 Å². The van der Waals surface area contributed by atoms with Gasteiger partial charge in [-0.15, -0.1) is 16.9 Å². The Morgan fingerprint density at radius 2 is 1.77 bits per heavy atom. The molecule has 0 unspecified atom stereocenters. The molecule has 2 aromatic heterocycles. The zero-order chi connectivity index (χ0) is 21.6. The number of aromatic nitrogens is 4. The molecule has 2 heterocycles. The van der Waals surface area contributed by atoms with Gasteiger partial charge in [-0.3, -0.25) is 14.2 Å². The molecule has 0 aliphatic heterocycles. The third-order valence-corrected chi connectivity index (χ3v) is 5.87. The first-order chi connectivity index (χ1) is 14.3. The molecule has 4 aromatic rings. The summed E-state index contributed by atoms with van der Waals surface area (Å²) in [4.78, 5) is 31.4. The Bertz CT molecular complexity index is 1350. The van der Waals surface area contributed by atoms with E-state index in [0.717, 1.165) is 26.3 Å². The second-order valence-corrected chi connectivity index (χ2v) is 7.97. The number of anilines is 1. The Morgan fingerprint density at radius 3 is 2.37 bits per heavy atom. The first kappa shape index (κ1) is 19.9. The highest BCUT2D eigenvalue weighted by atomic mass is 32.2. The predicted octanol–water partition coefficient (Wildman–Crippen LogP) is 3.83. The Labute approximate surface area is 177 Å². The minimum absolute atomic E-state index is 0.0143. The van der Waals surface area contributed by atoms with E-state index in [4.69, 9.17) is 5.73 Å². The summed E-state index contributed by atoms with van der Waals surface area (Å²) < 4.78 is 2.61. The van der Waals surface area contributed by atoms with Crippen LogP contribution in [0.2, 0.25) is 0 Å². The molecule has 0 fully saturated rings. The number of aryl methyl sites for hydroxylation is 2. The van der Waals surface area contributed by atoms with Crippen LogP contribution in [0.1, 0.15) is 22.8 Å². The van der Waals surface area contributed by atoms with E-state index in [-0.39, 0.29) is 28.3 Å². The van der Waals surface area contributed by atoms with Gasteiger partial charge < -0.3 is 5.73 Å². The molecule has 0 saturated heterocycles. The van der Waals surface area contributed by atoms with E-state index in [0.29, 0.717) is 11.5 Å². The molecule has 2 aromatic carbocycles. The van der Waals surface area contributed by atoms with Gasteiger partial charge in [0.2, 0.25) is 5.91 Å². The number of hydrogen-bond acceptors (Lipinski definition) is 6. The summed E-state index contributed by atoms with van der Waals surface area (Å²) in [5, 5.41) is 4.18. The summed E-state index contributed by atoms with van der Waals surface area (Å²) in [7, 11) is 0. The Balaban J connectivity index is 2.12. The van der Waals surface area contributed by atoms with Gasteiger partial charge in [-0.2, -0.15) is 4.68 Å². The minimum atomic E-state index is -0.365. The molecule has 4 rings (SSSR count). The van der Waals surface area contributed by atoms with Gasteiger partial charge in [0.1, 0.15) is 11.2 Å². The average Bonchev–Trinajstić information content (AvgIpc) is 3.07. The fourth-order valence-corrected chi connectivity index (χ4v) is 3.76. The van der Waals surface area contributed by atoms with Crippen molar-refractivity contribution in [1.82, 2.24) is 19.3 Å². The van der Waals surface area contributed by atoms with Crippen molar-refractivity contribution in [2.24, 2.45) is 0 Å². The van der Waals surface area contributed by atoms with Gasteiger partial charge >= 0.3 is 0 Å². The number of benzene rings is 2. The molecular weight excluding hydrogens is 398 g/mol. The predicted molar refractivity (Wildman–Crippen MR) is 121 cm³/mol. The maximum Gasteiger partial charge on any atom is 0.271 e. The van der Waals surface area contributed by atoms with E-state index in [1.165, 1.54) is 11.5 Å². The molecule has 0 atom stereocenters. The Hall–Kier alpha value is -3.39. The summed E-state index contributed by atoms with van der Waals surface area (Å²) in [6.45, 7) is 5.36. The number of nitrogen functional groups attached to an aromatic ring is 1. The Morgan fingerprint density at radius 1 is 1.07 bits per heavy atom. The molecule has 0 radical (unpaired) electrons. The zero-order valence-electron chi connectivity index (χ0n) is 17.1. The molecule has 30 heavy (non-hydrogen) atoms.